The minimum absolute atomic E-state index is 0.364. The van der Waals surface area contributed by atoms with Crippen molar-refractivity contribution in [2.45, 2.75) is 0 Å². The molecule has 0 radical (unpaired) electrons. The number of benzene rings is 1. The maximum absolute atomic E-state index is 11.5. The Morgan fingerprint density at radius 3 is 2.75 bits per heavy atom. The number of rotatable bonds is 1. The Morgan fingerprint density at radius 2 is 2.06 bits per heavy atom. The topological polar surface area (TPSA) is 34.5 Å². The van der Waals surface area contributed by atoms with Crippen LogP contribution in [-0.4, -0.2) is 24.8 Å². The lowest BCUT2D eigenvalue weighted by Crippen LogP contribution is -2.25. The Hall–Kier alpha value is -1.97. The standard InChI is InChI=1S/C12H14N2O2/c1-13-8-11(14(2)12(15)16-3)9-6-4-5-7-10(9)13/h4-8H,1-3H3. The van der Waals surface area contributed by atoms with E-state index in [0.29, 0.717) is 0 Å². The van der Waals surface area contributed by atoms with Crippen LogP contribution < -0.4 is 4.90 Å². The number of carbonyl (C=O) groups is 1. The summed E-state index contributed by atoms with van der Waals surface area (Å²) < 4.78 is 6.69. The van der Waals surface area contributed by atoms with Gasteiger partial charge in [-0.3, -0.25) is 4.90 Å². The molecule has 1 heterocycles. The maximum atomic E-state index is 11.5. The lowest BCUT2D eigenvalue weighted by atomic mass is 10.2. The van der Waals surface area contributed by atoms with Crippen LogP contribution in [0.1, 0.15) is 0 Å². The fourth-order valence-electron chi connectivity index (χ4n) is 1.82. The van der Waals surface area contributed by atoms with Gasteiger partial charge in [0.15, 0.2) is 0 Å². The van der Waals surface area contributed by atoms with Gasteiger partial charge in [0.25, 0.3) is 0 Å². The molecule has 4 nitrogen and oxygen atoms in total. The number of para-hydroxylation sites is 1. The summed E-state index contributed by atoms with van der Waals surface area (Å²) in [6, 6.07) is 7.94. The fraction of sp³-hybridized carbons (Fsp3) is 0.250. The van der Waals surface area contributed by atoms with Gasteiger partial charge in [0.2, 0.25) is 0 Å². The minimum atomic E-state index is -0.364. The highest BCUT2D eigenvalue weighted by molar-refractivity contribution is 6.00. The molecule has 16 heavy (non-hydrogen) atoms. The van der Waals surface area contributed by atoms with E-state index in [9.17, 15) is 4.79 Å². The predicted octanol–water partition coefficient (Wildman–Crippen LogP) is 2.38. The van der Waals surface area contributed by atoms with Crippen molar-refractivity contribution in [1.29, 1.82) is 0 Å². The van der Waals surface area contributed by atoms with Crippen LogP contribution in [0.25, 0.3) is 10.9 Å². The monoisotopic (exact) mass is 218 g/mol. The molecule has 0 aliphatic carbocycles. The van der Waals surface area contributed by atoms with Crippen molar-refractivity contribution in [1.82, 2.24) is 4.57 Å². The van der Waals surface area contributed by atoms with Crippen LogP contribution in [-0.2, 0) is 11.8 Å². The van der Waals surface area contributed by atoms with E-state index in [2.05, 4.69) is 0 Å². The Morgan fingerprint density at radius 1 is 1.38 bits per heavy atom. The molecule has 1 aromatic heterocycles. The molecular formula is C12H14N2O2. The Balaban J connectivity index is 2.57. The van der Waals surface area contributed by atoms with Crippen LogP contribution in [0.3, 0.4) is 0 Å². The van der Waals surface area contributed by atoms with Crippen molar-refractivity contribution in [3.8, 4) is 0 Å². The van der Waals surface area contributed by atoms with Crippen LogP contribution in [0.2, 0.25) is 0 Å². The van der Waals surface area contributed by atoms with Crippen molar-refractivity contribution in [2.24, 2.45) is 7.05 Å². The van der Waals surface area contributed by atoms with Crippen molar-refractivity contribution in [3.05, 3.63) is 30.5 Å². The molecular weight excluding hydrogens is 204 g/mol. The van der Waals surface area contributed by atoms with E-state index < -0.39 is 0 Å². The summed E-state index contributed by atoms with van der Waals surface area (Å²) in [7, 11) is 5.04. The second kappa shape index (κ2) is 3.89. The summed E-state index contributed by atoms with van der Waals surface area (Å²) in [5, 5.41) is 1.04. The van der Waals surface area contributed by atoms with Gasteiger partial charge in [0.1, 0.15) is 0 Å². The number of aryl methyl sites for hydroxylation is 1. The molecule has 0 N–H and O–H groups in total. The van der Waals surface area contributed by atoms with E-state index in [1.807, 2.05) is 42.1 Å². The van der Waals surface area contributed by atoms with Gasteiger partial charge in [-0.05, 0) is 6.07 Å². The summed E-state index contributed by atoms with van der Waals surface area (Å²) in [4.78, 5) is 13.0. The van der Waals surface area contributed by atoms with Crippen molar-refractivity contribution in [2.75, 3.05) is 19.1 Å². The van der Waals surface area contributed by atoms with Gasteiger partial charge in [0, 0.05) is 31.2 Å². The van der Waals surface area contributed by atoms with Gasteiger partial charge in [-0.2, -0.15) is 0 Å². The number of fused-ring (bicyclic) bond motifs is 1. The van der Waals surface area contributed by atoms with Gasteiger partial charge < -0.3 is 9.30 Å². The molecule has 0 saturated carbocycles. The zero-order valence-electron chi connectivity index (χ0n) is 9.60. The molecule has 0 atom stereocenters. The van der Waals surface area contributed by atoms with Gasteiger partial charge >= 0.3 is 6.09 Å². The molecule has 0 fully saturated rings. The summed E-state index contributed by atoms with van der Waals surface area (Å²) in [5.41, 5.74) is 1.94. The molecule has 2 rings (SSSR count). The number of anilines is 1. The first-order valence-corrected chi connectivity index (χ1v) is 5.01. The van der Waals surface area contributed by atoms with Crippen LogP contribution in [0, 0.1) is 0 Å². The highest BCUT2D eigenvalue weighted by Gasteiger charge is 2.15. The number of methoxy groups -OCH3 is 1. The third-order valence-electron chi connectivity index (χ3n) is 2.69. The largest absolute Gasteiger partial charge is 0.452 e. The summed E-state index contributed by atoms with van der Waals surface area (Å²) in [6.07, 6.45) is 1.55. The average Bonchev–Trinajstić information content (AvgIpc) is 2.65. The smallest absolute Gasteiger partial charge is 0.413 e. The molecule has 2 aromatic rings. The van der Waals surface area contributed by atoms with E-state index in [4.69, 9.17) is 4.74 Å². The molecule has 0 spiro atoms. The molecule has 0 saturated heterocycles. The predicted molar refractivity (Wildman–Crippen MR) is 63.7 cm³/mol. The molecule has 4 heteroatoms. The number of aromatic nitrogens is 1. The SMILES string of the molecule is COC(=O)N(C)c1cn(C)c2ccccc12. The second-order valence-electron chi connectivity index (χ2n) is 3.67. The third-order valence-corrected chi connectivity index (χ3v) is 2.69. The molecule has 0 aliphatic rings. The number of amides is 1. The Bertz CT molecular complexity index is 531. The number of hydrogen-bond donors (Lipinski definition) is 0. The van der Waals surface area contributed by atoms with Crippen LogP contribution in [0.5, 0.6) is 0 Å². The molecule has 1 aromatic carbocycles. The minimum Gasteiger partial charge on any atom is -0.452 e. The zero-order valence-corrected chi connectivity index (χ0v) is 9.60. The van der Waals surface area contributed by atoms with Gasteiger partial charge in [-0.25, -0.2) is 4.79 Å². The number of carbonyl (C=O) groups excluding carboxylic acids is 1. The van der Waals surface area contributed by atoms with Crippen LogP contribution >= 0.6 is 0 Å². The Labute approximate surface area is 94.0 Å². The number of ether oxygens (including phenoxy) is 1. The zero-order chi connectivity index (χ0) is 11.7. The van der Waals surface area contributed by atoms with Gasteiger partial charge in [-0.15, -0.1) is 0 Å². The summed E-state index contributed by atoms with van der Waals surface area (Å²) >= 11 is 0. The van der Waals surface area contributed by atoms with E-state index in [0.717, 1.165) is 16.6 Å². The Kier molecular flexibility index (Phi) is 2.56. The van der Waals surface area contributed by atoms with Crippen LogP contribution in [0.15, 0.2) is 30.5 Å². The number of nitrogens with zero attached hydrogens (tertiary/aromatic N) is 2. The van der Waals surface area contributed by atoms with Crippen molar-refractivity contribution >= 4 is 22.7 Å². The van der Waals surface area contributed by atoms with Gasteiger partial charge in [-0.1, -0.05) is 18.2 Å². The molecule has 1 amide bonds. The first-order chi connectivity index (χ1) is 7.65. The molecule has 0 aliphatic heterocycles. The van der Waals surface area contributed by atoms with Gasteiger partial charge in [0.05, 0.1) is 12.8 Å². The second-order valence-corrected chi connectivity index (χ2v) is 3.67. The third kappa shape index (κ3) is 1.52. The molecule has 0 bridgehead atoms. The van der Waals surface area contributed by atoms with Crippen LogP contribution in [0.4, 0.5) is 10.5 Å². The highest BCUT2D eigenvalue weighted by Crippen LogP contribution is 2.27. The fourth-order valence-corrected chi connectivity index (χ4v) is 1.82. The maximum Gasteiger partial charge on any atom is 0.413 e. The molecule has 84 valence electrons. The highest BCUT2D eigenvalue weighted by atomic mass is 16.5. The first-order valence-electron chi connectivity index (χ1n) is 5.01. The van der Waals surface area contributed by atoms with E-state index in [1.165, 1.54) is 12.0 Å². The quantitative estimate of drug-likeness (QED) is 0.736. The van der Waals surface area contributed by atoms with Crippen molar-refractivity contribution < 1.29 is 9.53 Å². The average molecular weight is 218 g/mol. The summed E-state index contributed by atoms with van der Waals surface area (Å²) in [6.45, 7) is 0. The first kappa shape index (κ1) is 10.5. The van der Waals surface area contributed by atoms with E-state index >= 15 is 0 Å². The lowest BCUT2D eigenvalue weighted by Gasteiger charge is -2.13. The van der Waals surface area contributed by atoms with E-state index in [-0.39, 0.29) is 6.09 Å². The number of hydrogen-bond acceptors (Lipinski definition) is 2. The van der Waals surface area contributed by atoms with E-state index in [1.54, 1.807) is 7.05 Å². The molecule has 0 unspecified atom stereocenters. The summed E-state index contributed by atoms with van der Waals surface area (Å²) in [5.74, 6) is 0. The normalized spacial score (nSPS) is 10.4. The lowest BCUT2D eigenvalue weighted by molar-refractivity contribution is 0.180. The van der Waals surface area contributed by atoms with Crippen molar-refractivity contribution in [3.63, 3.8) is 0 Å².